The molecule has 0 unspecified atom stereocenters. The van der Waals surface area contributed by atoms with E-state index in [2.05, 4.69) is 0 Å². The van der Waals surface area contributed by atoms with Gasteiger partial charge in [0.15, 0.2) is 5.78 Å². The van der Waals surface area contributed by atoms with E-state index < -0.39 is 17.1 Å². The van der Waals surface area contributed by atoms with E-state index in [4.69, 9.17) is 4.74 Å². The van der Waals surface area contributed by atoms with Crippen molar-refractivity contribution in [1.29, 1.82) is 0 Å². The van der Waals surface area contributed by atoms with Crippen LogP contribution in [0.3, 0.4) is 0 Å². The lowest BCUT2D eigenvalue weighted by Gasteiger charge is -2.41. The van der Waals surface area contributed by atoms with Crippen molar-refractivity contribution in [3.05, 3.63) is 70.9 Å². The molecule has 2 aromatic rings. The zero-order chi connectivity index (χ0) is 21.5. The number of ether oxygens (including phenoxy) is 1. The number of benzene rings is 2. The summed E-state index contributed by atoms with van der Waals surface area (Å²) >= 11 is 0. The molecule has 2 aliphatic carbocycles. The smallest absolute Gasteiger partial charge is 0.211 e. The van der Waals surface area contributed by atoms with E-state index in [1.54, 1.807) is 60.5 Å². The first-order chi connectivity index (χ1) is 14.1. The molecule has 2 N–H and O–H groups in total. The molecule has 0 bridgehead atoms. The quantitative estimate of drug-likeness (QED) is 0.799. The number of methoxy groups -OCH3 is 1. The Morgan fingerprint density at radius 3 is 2.47 bits per heavy atom. The van der Waals surface area contributed by atoms with Gasteiger partial charge in [0.2, 0.25) is 17.1 Å². The number of fused-ring (bicyclic) bond motifs is 4. The standard InChI is InChI=1S/C24H23NO5/c1-22(2)12-18-20(19(26)13-22)23(28)21(27)16-9-4-5-10-17(16)24(23,29)25(18)14-7-6-8-15(11-14)30-3/h4-11,28-29H,12-13H2,1-3H3/t23-,24+/m0/s1. The van der Waals surface area contributed by atoms with E-state index in [9.17, 15) is 19.8 Å². The Hall–Kier alpha value is -2.96. The number of hydrogen-bond donors (Lipinski definition) is 2. The molecular weight excluding hydrogens is 382 g/mol. The van der Waals surface area contributed by atoms with Crippen molar-refractivity contribution in [2.45, 2.75) is 38.0 Å². The third-order valence-electron chi connectivity index (χ3n) is 6.50. The summed E-state index contributed by atoms with van der Waals surface area (Å²) in [5.41, 5.74) is -3.31. The van der Waals surface area contributed by atoms with Gasteiger partial charge < -0.3 is 19.8 Å². The van der Waals surface area contributed by atoms with E-state index >= 15 is 0 Å². The van der Waals surface area contributed by atoms with Gasteiger partial charge in [0.05, 0.1) is 12.7 Å². The van der Waals surface area contributed by atoms with Crippen molar-refractivity contribution < 1.29 is 24.5 Å². The number of carbonyl (C=O) groups is 2. The predicted octanol–water partition coefficient (Wildman–Crippen LogP) is 2.93. The first-order valence-corrected chi connectivity index (χ1v) is 9.95. The molecule has 6 nitrogen and oxygen atoms in total. The Morgan fingerprint density at radius 1 is 1.00 bits per heavy atom. The van der Waals surface area contributed by atoms with E-state index in [-0.39, 0.29) is 28.8 Å². The maximum Gasteiger partial charge on any atom is 0.211 e. The average molecular weight is 405 g/mol. The molecular formula is C24H23NO5. The maximum atomic E-state index is 13.4. The second kappa shape index (κ2) is 5.80. The lowest BCUT2D eigenvalue weighted by atomic mass is 9.72. The van der Waals surface area contributed by atoms with Crippen LogP contribution in [0.4, 0.5) is 5.69 Å². The second-order valence-electron chi connectivity index (χ2n) is 9.06. The normalized spacial score (nSPS) is 29.0. The van der Waals surface area contributed by atoms with Crippen LogP contribution in [0.5, 0.6) is 5.75 Å². The highest BCUT2D eigenvalue weighted by Crippen LogP contribution is 2.61. The number of carbonyl (C=O) groups excluding carboxylic acids is 2. The van der Waals surface area contributed by atoms with E-state index in [1.165, 1.54) is 0 Å². The third kappa shape index (κ3) is 2.10. The first-order valence-electron chi connectivity index (χ1n) is 9.95. The molecule has 154 valence electrons. The highest BCUT2D eigenvalue weighted by molar-refractivity contribution is 6.19. The Balaban J connectivity index is 1.86. The zero-order valence-electron chi connectivity index (χ0n) is 17.1. The van der Waals surface area contributed by atoms with Crippen LogP contribution in [0, 0.1) is 5.41 Å². The molecule has 0 spiro atoms. The van der Waals surface area contributed by atoms with Gasteiger partial charge in [0.25, 0.3) is 0 Å². The average Bonchev–Trinajstić information content (AvgIpc) is 3.01. The summed E-state index contributed by atoms with van der Waals surface area (Å²) in [4.78, 5) is 28.2. The molecule has 0 saturated heterocycles. The van der Waals surface area contributed by atoms with Crippen LogP contribution in [-0.4, -0.2) is 34.5 Å². The number of hydrogen-bond acceptors (Lipinski definition) is 6. The number of Topliss-reactive ketones (excluding diaryl/α,β-unsaturated/α-hetero) is 2. The molecule has 0 aromatic heterocycles. The van der Waals surface area contributed by atoms with Crippen molar-refractivity contribution in [2.24, 2.45) is 5.41 Å². The Labute approximate surface area is 174 Å². The highest BCUT2D eigenvalue weighted by Gasteiger charge is 2.74. The van der Waals surface area contributed by atoms with E-state index in [1.807, 2.05) is 13.8 Å². The number of rotatable bonds is 2. The fourth-order valence-electron chi connectivity index (χ4n) is 5.28. The SMILES string of the molecule is COc1cccc(N2C3=C(C(=O)CC(C)(C)C3)[C@]3(O)C(=O)c4ccccc4[C@]23O)c1. The minimum Gasteiger partial charge on any atom is -0.497 e. The third-order valence-corrected chi connectivity index (χ3v) is 6.50. The summed E-state index contributed by atoms with van der Waals surface area (Å²) in [5.74, 6) is -0.395. The van der Waals surface area contributed by atoms with Gasteiger partial charge in [-0.2, -0.15) is 0 Å². The minimum atomic E-state index is -2.36. The van der Waals surface area contributed by atoms with Crippen LogP contribution >= 0.6 is 0 Å². The second-order valence-corrected chi connectivity index (χ2v) is 9.06. The van der Waals surface area contributed by atoms with E-state index in [0.717, 1.165) is 0 Å². The first kappa shape index (κ1) is 19.0. The lowest BCUT2D eigenvalue weighted by Crippen LogP contribution is -2.58. The molecule has 6 heteroatoms. The van der Waals surface area contributed by atoms with Gasteiger partial charge in [-0.3, -0.25) is 9.59 Å². The van der Waals surface area contributed by atoms with Crippen LogP contribution in [-0.2, 0) is 10.5 Å². The van der Waals surface area contributed by atoms with Crippen molar-refractivity contribution in [3.8, 4) is 5.75 Å². The summed E-state index contributed by atoms with van der Waals surface area (Å²) in [5, 5.41) is 24.0. The van der Waals surface area contributed by atoms with Gasteiger partial charge in [-0.25, -0.2) is 0 Å². The fraction of sp³-hybridized carbons (Fsp3) is 0.333. The van der Waals surface area contributed by atoms with Gasteiger partial charge in [-0.1, -0.05) is 44.2 Å². The molecule has 0 saturated carbocycles. The number of allylic oxidation sites excluding steroid dienone is 1. The summed E-state index contributed by atoms with van der Waals surface area (Å²) in [6.07, 6.45) is 0.630. The number of nitrogens with zero attached hydrogens (tertiary/aromatic N) is 1. The van der Waals surface area contributed by atoms with Gasteiger partial charge in [0, 0.05) is 35.0 Å². The number of aliphatic hydroxyl groups is 2. The van der Waals surface area contributed by atoms with Crippen LogP contribution in [0.25, 0.3) is 0 Å². The topological polar surface area (TPSA) is 87.1 Å². The zero-order valence-corrected chi connectivity index (χ0v) is 17.1. The fourth-order valence-corrected chi connectivity index (χ4v) is 5.28. The van der Waals surface area contributed by atoms with Crippen molar-refractivity contribution in [3.63, 3.8) is 0 Å². The van der Waals surface area contributed by atoms with Gasteiger partial charge >= 0.3 is 0 Å². The molecule has 2 atom stereocenters. The van der Waals surface area contributed by atoms with Crippen molar-refractivity contribution in [1.82, 2.24) is 0 Å². The van der Waals surface area contributed by atoms with Crippen molar-refractivity contribution in [2.75, 3.05) is 12.0 Å². The van der Waals surface area contributed by atoms with E-state index in [0.29, 0.717) is 29.1 Å². The maximum absolute atomic E-state index is 13.4. The molecule has 2 aromatic carbocycles. The van der Waals surface area contributed by atoms with Gasteiger partial charge in [-0.15, -0.1) is 0 Å². The lowest BCUT2D eigenvalue weighted by molar-refractivity contribution is -0.124. The van der Waals surface area contributed by atoms with Crippen LogP contribution in [0.1, 0.15) is 42.6 Å². The van der Waals surface area contributed by atoms with Crippen LogP contribution in [0.15, 0.2) is 59.8 Å². The Morgan fingerprint density at radius 2 is 1.73 bits per heavy atom. The molecule has 0 fully saturated rings. The molecule has 5 rings (SSSR count). The predicted molar refractivity (Wildman–Crippen MR) is 110 cm³/mol. The summed E-state index contributed by atoms with van der Waals surface area (Å²) < 4.78 is 5.35. The molecule has 30 heavy (non-hydrogen) atoms. The highest BCUT2D eigenvalue weighted by atomic mass is 16.5. The van der Waals surface area contributed by atoms with Crippen LogP contribution in [0.2, 0.25) is 0 Å². The largest absolute Gasteiger partial charge is 0.497 e. The molecule has 3 aliphatic rings. The summed E-state index contributed by atoms with van der Waals surface area (Å²) in [7, 11) is 1.54. The number of anilines is 1. The monoisotopic (exact) mass is 405 g/mol. The molecule has 1 heterocycles. The van der Waals surface area contributed by atoms with Crippen LogP contribution < -0.4 is 9.64 Å². The molecule has 0 amide bonds. The summed E-state index contributed by atoms with van der Waals surface area (Å²) in [6.45, 7) is 3.94. The molecule has 0 radical (unpaired) electrons. The Bertz CT molecular complexity index is 1150. The number of ketones is 2. The summed E-state index contributed by atoms with van der Waals surface area (Å²) in [6, 6.07) is 13.6. The molecule has 1 aliphatic heterocycles. The van der Waals surface area contributed by atoms with Gasteiger partial charge in [0.1, 0.15) is 5.75 Å². The minimum absolute atomic E-state index is 0.00773. The van der Waals surface area contributed by atoms with Gasteiger partial charge in [-0.05, 0) is 24.0 Å². The van der Waals surface area contributed by atoms with Crippen molar-refractivity contribution >= 4 is 17.3 Å². The Kier molecular flexibility index (Phi) is 3.68.